The highest BCUT2D eigenvalue weighted by Crippen LogP contribution is 2.20. The number of carbonyl (C=O) groups is 1. The van der Waals surface area contributed by atoms with Gasteiger partial charge in [-0.25, -0.2) is 13.1 Å². The van der Waals surface area contributed by atoms with Crippen LogP contribution in [0, 0.1) is 17.0 Å². The van der Waals surface area contributed by atoms with Gasteiger partial charge < -0.3 is 10.1 Å². The van der Waals surface area contributed by atoms with E-state index < -0.39 is 20.9 Å². The minimum Gasteiger partial charge on any atom is -0.382 e. The lowest BCUT2D eigenvalue weighted by atomic mass is 10.1. The molecule has 0 bridgehead atoms. The zero-order valence-electron chi connectivity index (χ0n) is 16.2. The van der Waals surface area contributed by atoms with Gasteiger partial charge in [-0.2, -0.15) is 0 Å². The molecule has 9 nitrogen and oxygen atoms in total. The summed E-state index contributed by atoms with van der Waals surface area (Å²) < 4.78 is 32.1. The molecule has 0 heterocycles. The first-order valence-corrected chi connectivity index (χ1v) is 10.5. The number of amides is 1. The molecule has 0 fully saturated rings. The van der Waals surface area contributed by atoms with Crippen LogP contribution in [-0.2, 0) is 14.8 Å². The molecular weight excluding hydrogens is 398 g/mol. The maximum Gasteiger partial charge on any atom is 0.273 e. The van der Waals surface area contributed by atoms with Crippen LogP contribution in [0.1, 0.15) is 29.3 Å². The van der Waals surface area contributed by atoms with Crippen molar-refractivity contribution in [1.29, 1.82) is 0 Å². The number of nitrogens with one attached hydrogen (secondary N) is 2. The molecule has 0 saturated heterocycles. The van der Waals surface area contributed by atoms with E-state index in [1.807, 2.05) is 6.92 Å². The average Bonchev–Trinajstić information content (AvgIpc) is 2.68. The van der Waals surface area contributed by atoms with Gasteiger partial charge in [-0.05, 0) is 50.6 Å². The largest absolute Gasteiger partial charge is 0.382 e. The van der Waals surface area contributed by atoms with Gasteiger partial charge in [-0.3, -0.25) is 14.9 Å². The number of ether oxygens (including phenoxy) is 1. The smallest absolute Gasteiger partial charge is 0.273 e. The zero-order chi connectivity index (χ0) is 21.4. The van der Waals surface area contributed by atoms with Gasteiger partial charge in [0.1, 0.15) is 0 Å². The Balaban J connectivity index is 2.02. The lowest BCUT2D eigenvalue weighted by molar-refractivity contribution is -0.385. The number of hydrogen-bond donors (Lipinski definition) is 2. The van der Waals surface area contributed by atoms with Gasteiger partial charge >= 0.3 is 0 Å². The van der Waals surface area contributed by atoms with Crippen molar-refractivity contribution in [2.75, 3.05) is 25.1 Å². The van der Waals surface area contributed by atoms with E-state index in [2.05, 4.69) is 10.0 Å². The molecule has 0 saturated carbocycles. The molecule has 1 amide bonds. The van der Waals surface area contributed by atoms with Crippen LogP contribution in [-0.4, -0.2) is 39.0 Å². The normalized spacial score (nSPS) is 11.2. The minimum atomic E-state index is -3.66. The van der Waals surface area contributed by atoms with Gasteiger partial charge in [0, 0.05) is 42.6 Å². The van der Waals surface area contributed by atoms with E-state index in [-0.39, 0.29) is 22.7 Å². The SMILES string of the molecule is CCOCCCNS(=O)(=O)c1ccc(NC(=O)c2ccc(C)c([N+](=O)[O-])c2)cc1. The Kier molecular flexibility index (Phi) is 7.82. The number of carbonyl (C=O) groups excluding carboxylic acids is 1. The minimum absolute atomic E-state index is 0.0675. The first-order valence-electron chi connectivity index (χ1n) is 8.98. The summed E-state index contributed by atoms with van der Waals surface area (Å²) in [7, 11) is -3.66. The van der Waals surface area contributed by atoms with E-state index in [4.69, 9.17) is 4.74 Å². The van der Waals surface area contributed by atoms with Crippen LogP contribution in [0.15, 0.2) is 47.4 Å². The second-order valence-corrected chi connectivity index (χ2v) is 7.95. The third kappa shape index (κ3) is 6.34. The molecule has 0 atom stereocenters. The molecule has 0 aliphatic heterocycles. The van der Waals surface area contributed by atoms with Crippen LogP contribution >= 0.6 is 0 Å². The number of sulfonamides is 1. The molecule has 0 spiro atoms. The predicted octanol–water partition coefficient (Wildman–Crippen LogP) is 2.86. The molecule has 2 aromatic carbocycles. The van der Waals surface area contributed by atoms with E-state index in [1.165, 1.54) is 42.5 Å². The molecule has 0 aliphatic rings. The topological polar surface area (TPSA) is 128 Å². The molecule has 0 radical (unpaired) electrons. The quantitative estimate of drug-likeness (QED) is 0.345. The van der Waals surface area contributed by atoms with E-state index in [9.17, 15) is 23.3 Å². The van der Waals surface area contributed by atoms with E-state index >= 15 is 0 Å². The van der Waals surface area contributed by atoms with E-state index in [1.54, 1.807) is 6.92 Å². The predicted molar refractivity (Wildman–Crippen MR) is 109 cm³/mol. The molecule has 2 N–H and O–H groups in total. The monoisotopic (exact) mass is 421 g/mol. The van der Waals surface area contributed by atoms with Crippen molar-refractivity contribution in [1.82, 2.24) is 4.72 Å². The van der Waals surface area contributed by atoms with Crippen molar-refractivity contribution in [3.8, 4) is 0 Å². The molecule has 156 valence electrons. The first-order chi connectivity index (χ1) is 13.7. The molecule has 0 unspecified atom stereocenters. The molecule has 2 rings (SSSR count). The summed E-state index contributed by atoms with van der Waals surface area (Å²) in [6.45, 7) is 4.76. The molecular formula is C19H23N3O6S. The maximum atomic E-state index is 12.3. The van der Waals surface area contributed by atoms with Crippen LogP contribution in [0.4, 0.5) is 11.4 Å². The number of nitrogens with zero attached hydrogens (tertiary/aromatic N) is 1. The Bertz CT molecular complexity index is 974. The molecule has 0 aliphatic carbocycles. The van der Waals surface area contributed by atoms with Crippen molar-refractivity contribution in [3.63, 3.8) is 0 Å². The molecule has 29 heavy (non-hydrogen) atoms. The Labute approximate surface area is 169 Å². The van der Waals surface area contributed by atoms with Gasteiger partial charge in [0.05, 0.1) is 9.82 Å². The van der Waals surface area contributed by atoms with Gasteiger partial charge in [-0.1, -0.05) is 6.07 Å². The van der Waals surface area contributed by atoms with Crippen LogP contribution < -0.4 is 10.0 Å². The Morgan fingerprint density at radius 1 is 1.17 bits per heavy atom. The average molecular weight is 421 g/mol. The van der Waals surface area contributed by atoms with Crippen molar-refractivity contribution >= 4 is 27.3 Å². The number of nitro groups is 1. The van der Waals surface area contributed by atoms with Crippen molar-refractivity contribution < 1.29 is 22.9 Å². The number of anilines is 1. The lowest BCUT2D eigenvalue weighted by Gasteiger charge is -2.09. The summed E-state index contributed by atoms with van der Waals surface area (Å²) in [5.74, 6) is -0.530. The van der Waals surface area contributed by atoms with Crippen LogP contribution in [0.5, 0.6) is 0 Å². The second kappa shape index (κ2) is 10.1. The fourth-order valence-corrected chi connectivity index (χ4v) is 3.55. The van der Waals surface area contributed by atoms with Crippen molar-refractivity contribution in [3.05, 3.63) is 63.7 Å². The van der Waals surface area contributed by atoms with Gasteiger partial charge in [0.2, 0.25) is 10.0 Å². The van der Waals surface area contributed by atoms with Crippen LogP contribution in [0.3, 0.4) is 0 Å². The third-order valence-corrected chi connectivity index (χ3v) is 5.53. The second-order valence-electron chi connectivity index (χ2n) is 6.19. The highest BCUT2D eigenvalue weighted by atomic mass is 32.2. The summed E-state index contributed by atoms with van der Waals surface area (Å²) in [6.07, 6.45) is 0.559. The summed E-state index contributed by atoms with van der Waals surface area (Å²) in [5, 5.41) is 13.6. The Morgan fingerprint density at radius 2 is 1.86 bits per heavy atom. The highest BCUT2D eigenvalue weighted by Gasteiger charge is 2.16. The Morgan fingerprint density at radius 3 is 2.48 bits per heavy atom. The van der Waals surface area contributed by atoms with Crippen molar-refractivity contribution in [2.24, 2.45) is 0 Å². The van der Waals surface area contributed by atoms with Gasteiger partial charge in [0.25, 0.3) is 11.6 Å². The number of nitro benzene ring substituents is 1. The zero-order valence-corrected chi connectivity index (χ0v) is 17.0. The molecule has 2 aromatic rings. The fourth-order valence-electron chi connectivity index (χ4n) is 2.48. The molecule has 10 heteroatoms. The maximum absolute atomic E-state index is 12.3. The van der Waals surface area contributed by atoms with E-state index in [0.717, 1.165) is 0 Å². The highest BCUT2D eigenvalue weighted by molar-refractivity contribution is 7.89. The summed E-state index contributed by atoms with van der Waals surface area (Å²) in [5.41, 5.74) is 0.813. The molecule has 0 aromatic heterocycles. The number of rotatable bonds is 10. The lowest BCUT2D eigenvalue weighted by Crippen LogP contribution is -2.25. The summed E-state index contributed by atoms with van der Waals surface area (Å²) in [4.78, 5) is 22.9. The number of benzene rings is 2. The van der Waals surface area contributed by atoms with Gasteiger partial charge in [0.15, 0.2) is 0 Å². The van der Waals surface area contributed by atoms with E-state index in [0.29, 0.717) is 30.9 Å². The van der Waals surface area contributed by atoms with Crippen LogP contribution in [0.2, 0.25) is 0 Å². The Hall–Kier alpha value is -2.82. The fraction of sp³-hybridized carbons (Fsp3) is 0.316. The summed E-state index contributed by atoms with van der Waals surface area (Å²) >= 11 is 0. The van der Waals surface area contributed by atoms with Crippen molar-refractivity contribution in [2.45, 2.75) is 25.2 Å². The van der Waals surface area contributed by atoms with Gasteiger partial charge in [-0.15, -0.1) is 0 Å². The number of aryl methyl sites for hydroxylation is 1. The first kappa shape index (κ1) is 22.5. The standard InChI is InChI=1S/C19H23N3O6S/c1-3-28-12-4-11-20-29(26,27)17-9-7-16(8-10-17)21-19(23)15-6-5-14(2)18(13-15)22(24)25/h5-10,13,20H,3-4,11-12H2,1-2H3,(H,21,23). The number of hydrogen-bond acceptors (Lipinski definition) is 6. The summed E-state index contributed by atoms with van der Waals surface area (Å²) in [6, 6.07) is 9.85. The van der Waals surface area contributed by atoms with Crippen LogP contribution in [0.25, 0.3) is 0 Å². The third-order valence-electron chi connectivity index (χ3n) is 4.05.